The average Bonchev–Trinajstić information content (AvgIpc) is 2.35. The molecular formula is C12H17F2NO2S. The van der Waals surface area contributed by atoms with Crippen LogP contribution in [0.1, 0.15) is 24.5 Å². The largest absolute Gasteiger partial charge is 0.312 e. The maximum absolute atomic E-state index is 12.4. The van der Waals surface area contributed by atoms with E-state index >= 15 is 0 Å². The molecule has 0 bridgehead atoms. The number of benzene rings is 1. The fraction of sp³-hybridized carbons (Fsp3) is 0.500. The lowest BCUT2D eigenvalue weighted by Gasteiger charge is -2.07. The van der Waals surface area contributed by atoms with Crippen LogP contribution in [0, 0.1) is 0 Å². The summed E-state index contributed by atoms with van der Waals surface area (Å²) in [4.78, 5) is 0. The van der Waals surface area contributed by atoms with E-state index < -0.39 is 16.3 Å². The van der Waals surface area contributed by atoms with Crippen molar-refractivity contribution in [3.05, 3.63) is 35.4 Å². The summed E-state index contributed by atoms with van der Waals surface area (Å²) < 4.78 is 47.3. The monoisotopic (exact) mass is 277 g/mol. The average molecular weight is 277 g/mol. The van der Waals surface area contributed by atoms with Crippen LogP contribution in [-0.2, 0) is 16.4 Å². The quantitative estimate of drug-likeness (QED) is 0.777. The number of alkyl halides is 2. The number of halogens is 2. The Hall–Kier alpha value is -1.01. The summed E-state index contributed by atoms with van der Waals surface area (Å²) in [7, 11) is -2.98. The highest BCUT2D eigenvalue weighted by atomic mass is 32.2. The molecule has 0 atom stereocenters. The van der Waals surface area contributed by atoms with Crippen LogP contribution in [0.5, 0.6) is 0 Å². The van der Waals surface area contributed by atoms with E-state index in [0.29, 0.717) is 13.1 Å². The second kappa shape index (κ2) is 6.80. The van der Waals surface area contributed by atoms with Crippen molar-refractivity contribution in [3.8, 4) is 0 Å². The first-order valence-corrected chi connectivity index (χ1v) is 7.55. The van der Waals surface area contributed by atoms with Gasteiger partial charge in [-0.3, -0.25) is 0 Å². The molecule has 0 amide bonds. The number of hydrogen-bond donors (Lipinski definition) is 1. The SMILES string of the molecule is CCS(=O)(=O)CCNCc1cccc(C(F)F)c1. The maximum Gasteiger partial charge on any atom is 0.263 e. The number of hydrogen-bond acceptors (Lipinski definition) is 3. The number of nitrogens with one attached hydrogen (secondary N) is 1. The van der Waals surface area contributed by atoms with Crippen molar-refractivity contribution in [3.63, 3.8) is 0 Å². The molecular weight excluding hydrogens is 260 g/mol. The predicted octanol–water partition coefficient (Wildman–Crippen LogP) is 2.15. The van der Waals surface area contributed by atoms with Gasteiger partial charge in [-0.2, -0.15) is 0 Å². The van der Waals surface area contributed by atoms with E-state index in [1.165, 1.54) is 12.1 Å². The van der Waals surface area contributed by atoms with Gasteiger partial charge in [0, 0.05) is 24.4 Å². The molecule has 0 heterocycles. The van der Waals surface area contributed by atoms with Crippen LogP contribution in [0.2, 0.25) is 0 Å². The molecule has 0 radical (unpaired) electrons. The summed E-state index contributed by atoms with van der Waals surface area (Å²) in [6.45, 7) is 2.32. The molecule has 3 nitrogen and oxygen atoms in total. The highest BCUT2D eigenvalue weighted by Gasteiger charge is 2.08. The molecule has 0 fully saturated rings. The van der Waals surface area contributed by atoms with E-state index in [1.807, 2.05) is 0 Å². The first-order valence-electron chi connectivity index (χ1n) is 5.72. The molecule has 1 N–H and O–H groups in total. The first kappa shape index (κ1) is 15.0. The molecule has 0 aromatic heterocycles. The van der Waals surface area contributed by atoms with Gasteiger partial charge in [-0.15, -0.1) is 0 Å². The molecule has 0 aliphatic heterocycles. The summed E-state index contributed by atoms with van der Waals surface area (Å²) in [5.74, 6) is 0.188. The van der Waals surface area contributed by atoms with E-state index in [-0.39, 0.29) is 17.1 Å². The molecule has 1 aromatic carbocycles. The summed E-state index contributed by atoms with van der Waals surface area (Å²) in [6, 6.07) is 6.09. The third kappa shape index (κ3) is 5.10. The van der Waals surface area contributed by atoms with Crippen LogP contribution in [0.25, 0.3) is 0 Å². The highest BCUT2D eigenvalue weighted by Crippen LogP contribution is 2.19. The summed E-state index contributed by atoms with van der Waals surface area (Å²) in [6.07, 6.45) is -2.48. The second-order valence-corrected chi connectivity index (χ2v) is 6.43. The van der Waals surface area contributed by atoms with E-state index in [4.69, 9.17) is 0 Å². The van der Waals surface area contributed by atoms with Gasteiger partial charge >= 0.3 is 0 Å². The third-order valence-corrected chi connectivity index (χ3v) is 4.27. The summed E-state index contributed by atoms with van der Waals surface area (Å²) in [5.41, 5.74) is 0.706. The smallest absolute Gasteiger partial charge is 0.263 e. The van der Waals surface area contributed by atoms with Crippen molar-refractivity contribution in [2.24, 2.45) is 0 Å². The summed E-state index contributed by atoms with van der Waals surface area (Å²) >= 11 is 0. The number of sulfone groups is 1. The zero-order chi connectivity index (χ0) is 13.6. The van der Waals surface area contributed by atoms with Gasteiger partial charge in [-0.25, -0.2) is 17.2 Å². The molecule has 0 aliphatic carbocycles. The van der Waals surface area contributed by atoms with E-state index in [1.54, 1.807) is 19.1 Å². The van der Waals surface area contributed by atoms with E-state index in [0.717, 1.165) is 5.56 Å². The van der Waals surface area contributed by atoms with Crippen molar-refractivity contribution in [1.29, 1.82) is 0 Å². The molecule has 6 heteroatoms. The van der Waals surface area contributed by atoms with Crippen LogP contribution in [-0.4, -0.2) is 26.5 Å². The fourth-order valence-electron chi connectivity index (χ4n) is 1.44. The van der Waals surface area contributed by atoms with Gasteiger partial charge in [0.2, 0.25) is 0 Å². The van der Waals surface area contributed by atoms with Gasteiger partial charge in [-0.05, 0) is 11.6 Å². The van der Waals surface area contributed by atoms with Crippen molar-refractivity contribution >= 4 is 9.84 Å². The molecule has 0 aliphatic rings. The van der Waals surface area contributed by atoms with Crippen molar-refractivity contribution in [1.82, 2.24) is 5.32 Å². The Balaban J connectivity index is 2.42. The standard InChI is InChI=1S/C12H17F2NO2S/c1-2-18(16,17)7-6-15-9-10-4-3-5-11(8-10)12(13)14/h3-5,8,12,15H,2,6-7,9H2,1H3. The normalized spacial score (nSPS) is 12.0. The van der Waals surface area contributed by atoms with Crippen LogP contribution >= 0.6 is 0 Å². The molecule has 0 saturated carbocycles. The molecule has 0 saturated heterocycles. The van der Waals surface area contributed by atoms with Gasteiger partial charge < -0.3 is 5.32 Å². The Kier molecular flexibility index (Phi) is 5.68. The molecule has 18 heavy (non-hydrogen) atoms. The third-order valence-electron chi connectivity index (χ3n) is 2.56. The van der Waals surface area contributed by atoms with Gasteiger partial charge in [0.1, 0.15) is 0 Å². The minimum atomic E-state index is -2.98. The summed E-state index contributed by atoms with van der Waals surface area (Å²) in [5, 5.41) is 2.93. The lowest BCUT2D eigenvalue weighted by molar-refractivity contribution is 0.151. The van der Waals surface area contributed by atoms with Crippen LogP contribution < -0.4 is 5.32 Å². The van der Waals surface area contributed by atoms with Crippen LogP contribution in [0.4, 0.5) is 8.78 Å². The zero-order valence-corrected chi connectivity index (χ0v) is 11.0. The Bertz CT molecular complexity index is 475. The zero-order valence-electron chi connectivity index (χ0n) is 10.2. The van der Waals surface area contributed by atoms with Crippen molar-refractivity contribution in [2.75, 3.05) is 18.1 Å². The van der Waals surface area contributed by atoms with Crippen molar-refractivity contribution in [2.45, 2.75) is 19.9 Å². The Labute approximate surface area is 106 Å². The van der Waals surface area contributed by atoms with Gasteiger partial charge in [0.15, 0.2) is 9.84 Å². The predicted molar refractivity (Wildman–Crippen MR) is 67.4 cm³/mol. The Morgan fingerprint density at radius 3 is 2.67 bits per heavy atom. The fourth-order valence-corrected chi connectivity index (χ4v) is 2.19. The molecule has 1 rings (SSSR count). The molecule has 102 valence electrons. The van der Waals surface area contributed by atoms with Crippen LogP contribution in [0.15, 0.2) is 24.3 Å². The first-order chi connectivity index (χ1) is 8.44. The van der Waals surface area contributed by atoms with E-state index in [9.17, 15) is 17.2 Å². The second-order valence-electron chi connectivity index (χ2n) is 3.96. The lowest BCUT2D eigenvalue weighted by atomic mass is 10.1. The van der Waals surface area contributed by atoms with Gasteiger partial charge in [0.25, 0.3) is 6.43 Å². The lowest BCUT2D eigenvalue weighted by Crippen LogP contribution is -2.23. The highest BCUT2D eigenvalue weighted by molar-refractivity contribution is 7.91. The minimum Gasteiger partial charge on any atom is -0.312 e. The topological polar surface area (TPSA) is 46.2 Å². The van der Waals surface area contributed by atoms with Gasteiger partial charge in [-0.1, -0.05) is 25.1 Å². The molecule has 0 unspecified atom stereocenters. The molecule has 0 spiro atoms. The molecule has 1 aromatic rings. The Morgan fingerprint density at radius 1 is 1.33 bits per heavy atom. The Morgan fingerprint density at radius 2 is 2.06 bits per heavy atom. The maximum atomic E-state index is 12.4. The minimum absolute atomic E-state index is 0.0181. The van der Waals surface area contributed by atoms with Crippen molar-refractivity contribution < 1.29 is 17.2 Å². The van der Waals surface area contributed by atoms with E-state index in [2.05, 4.69) is 5.32 Å². The van der Waals surface area contributed by atoms with Crippen LogP contribution in [0.3, 0.4) is 0 Å². The van der Waals surface area contributed by atoms with Gasteiger partial charge in [0.05, 0.1) is 5.75 Å². The number of rotatable bonds is 7.